The molecule has 6 rings (SSSR count). The predicted molar refractivity (Wildman–Crippen MR) is 114 cm³/mol. The van der Waals surface area contributed by atoms with Crippen molar-refractivity contribution in [1.29, 1.82) is 10.5 Å². The maximum Gasteiger partial charge on any atom is 0.243 e. The van der Waals surface area contributed by atoms with Gasteiger partial charge in [-0.2, -0.15) is 20.5 Å². The van der Waals surface area contributed by atoms with Crippen LogP contribution < -0.4 is 10.1 Å². The number of rotatable bonds is 5. The molecule has 1 N–H and O–H groups in total. The highest BCUT2D eigenvalue weighted by Crippen LogP contribution is 2.67. The number of nitriles is 2. The molecular weight excluding hydrogens is 396 g/mol. The second kappa shape index (κ2) is 6.51. The lowest BCUT2D eigenvalue weighted by molar-refractivity contribution is -0.0665. The molecule has 0 saturated heterocycles. The molecule has 2 bridgehead atoms. The number of benzene rings is 1. The lowest BCUT2D eigenvalue weighted by Gasteiger charge is -2.66. The van der Waals surface area contributed by atoms with Gasteiger partial charge in [0, 0.05) is 11.6 Å². The van der Waals surface area contributed by atoms with E-state index in [1.165, 1.54) is 17.4 Å². The highest BCUT2D eigenvalue weighted by Gasteiger charge is 2.69. The van der Waals surface area contributed by atoms with Crippen molar-refractivity contribution in [3.63, 3.8) is 0 Å². The van der Waals surface area contributed by atoms with Crippen molar-refractivity contribution < 1.29 is 4.74 Å². The molecule has 0 atom stereocenters. The van der Waals surface area contributed by atoms with Gasteiger partial charge in [0.05, 0.1) is 23.1 Å². The van der Waals surface area contributed by atoms with Gasteiger partial charge in [-0.3, -0.25) is 0 Å². The molecule has 3 aliphatic carbocycles. The van der Waals surface area contributed by atoms with Crippen LogP contribution in [0.25, 0.3) is 16.4 Å². The first-order valence-electron chi connectivity index (χ1n) is 9.61. The summed E-state index contributed by atoms with van der Waals surface area (Å²) in [5.41, 5.74) is 4.96. The normalized spacial score (nSPS) is 24.0. The number of allylic oxidation sites excluding steroid dienone is 1. The zero-order chi connectivity index (χ0) is 20.9. The van der Waals surface area contributed by atoms with Crippen LogP contribution in [0.15, 0.2) is 23.7 Å². The number of thiazole rings is 1. The summed E-state index contributed by atoms with van der Waals surface area (Å²) in [6.45, 7) is 3.94. The summed E-state index contributed by atoms with van der Waals surface area (Å²) in [5, 5.41) is 21.4. The summed E-state index contributed by atoms with van der Waals surface area (Å²) in [5.74, 6) is 1.69. The SMILES string of the molecule is Cc1cc(/C=C/C#N)cc(C)c1Oc1nc(NC23CC(C#N)(C2)C3)nc2ncsc12. The van der Waals surface area contributed by atoms with Crippen molar-refractivity contribution in [1.82, 2.24) is 15.0 Å². The molecule has 2 aromatic heterocycles. The molecule has 3 fully saturated rings. The van der Waals surface area contributed by atoms with Crippen LogP contribution in [-0.4, -0.2) is 20.5 Å². The molecule has 7 nitrogen and oxygen atoms in total. The molecule has 0 radical (unpaired) electrons. The van der Waals surface area contributed by atoms with Gasteiger partial charge in [-0.1, -0.05) is 0 Å². The second-order valence-electron chi connectivity index (χ2n) is 8.23. The van der Waals surface area contributed by atoms with E-state index in [0.717, 1.165) is 46.4 Å². The molecule has 30 heavy (non-hydrogen) atoms. The Morgan fingerprint density at radius 3 is 2.57 bits per heavy atom. The number of aryl methyl sites for hydroxylation is 2. The van der Waals surface area contributed by atoms with Gasteiger partial charge >= 0.3 is 0 Å². The van der Waals surface area contributed by atoms with Crippen LogP contribution in [0, 0.1) is 41.9 Å². The third kappa shape index (κ3) is 2.89. The summed E-state index contributed by atoms with van der Waals surface area (Å²) in [7, 11) is 0. The second-order valence-corrected chi connectivity index (χ2v) is 9.09. The number of hydrogen-bond acceptors (Lipinski definition) is 8. The summed E-state index contributed by atoms with van der Waals surface area (Å²) >= 11 is 1.44. The van der Waals surface area contributed by atoms with E-state index in [1.54, 1.807) is 11.6 Å². The van der Waals surface area contributed by atoms with Crippen LogP contribution in [-0.2, 0) is 0 Å². The molecular formula is C22H18N6OS. The molecule has 3 saturated carbocycles. The van der Waals surface area contributed by atoms with E-state index in [4.69, 9.17) is 10.00 Å². The summed E-state index contributed by atoms with van der Waals surface area (Å²) in [6, 6.07) is 8.38. The van der Waals surface area contributed by atoms with Crippen LogP contribution in [0.1, 0.15) is 36.0 Å². The van der Waals surface area contributed by atoms with E-state index in [0.29, 0.717) is 17.5 Å². The van der Waals surface area contributed by atoms with E-state index in [-0.39, 0.29) is 11.0 Å². The maximum atomic E-state index is 9.25. The molecule has 0 amide bonds. The monoisotopic (exact) mass is 414 g/mol. The average molecular weight is 414 g/mol. The Kier molecular flexibility index (Phi) is 4.02. The van der Waals surface area contributed by atoms with Gasteiger partial charge in [0.15, 0.2) is 5.65 Å². The molecule has 0 unspecified atom stereocenters. The summed E-state index contributed by atoms with van der Waals surface area (Å²) in [6.07, 6.45) is 5.73. The van der Waals surface area contributed by atoms with Gasteiger partial charge < -0.3 is 10.1 Å². The Bertz CT molecular complexity index is 1250. The van der Waals surface area contributed by atoms with Gasteiger partial charge in [-0.15, -0.1) is 11.3 Å². The number of aromatic nitrogens is 3. The number of ether oxygens (including phenoxy) is 1. The van der Waals surface area contributed by atoms with Gasteiger partial charge in [0.2, 0.25) is 11.8 Å². The average Bonchev–Trinajstić information content (AvgIpc) is 3.13. The molecule has 0 aliphatic heterocycles. The Balaban J connectivity index is 1.46. The van der Waals surface area contributed by atoms with Gasteiger partial charge in [0.25, 0.3) is 0 Å². The fraction of sp³-hybridized carbons (Fsp3) is 0.318. The van der Waals surface area contributed by atoms with E-state index in [9.17, 15) is 5.26 Å². The van der Waals surface area contributed by atoms with Crippen molar-refractivity contribution in [2.45, 2.75) is 38.6 Å². The Morgan fingerprint density at radius 1 is 1.17 bits per heavy atom. The first kappa shape index (κ1) is 18.5. The van der Waals surface area contributed by atoms with Crippen molar-refractivity contribution in [3.8, 4) is 23.8 Å². The third-order valence-electron chi connectivity index (χ3n) is 5.84. The minimum atomic E-state index is -0.146. The quantitative estimate of drug-likeness (QED) is 0.592. The van der Waals surface area contributed by atoms with Crippen LogP contribution in [0.5, 0.6) is 11.6 Å². The Morgan fingerprint density at radius 2 is 1.90 bits per heavy atom. The zero-order valence-corrected chi connectivity index (χ0v) is 17.4. The van der Waals surface area contributed by atoms with E-state index in [1.807, 2.05) is 32.0 Å². The summed E-state index contributed by atoms with van der Waals surface area (Å²) in [4.78, 5) is 13.5. The number of fused-ring (bicyclic) bond motifs is 1. The van der Waals surface area contributed by atoms with Crippen molar-refractivity contribution in [2.24, 2.45) is 5.41 Å². The third-order valence-corrected chi connectivity index (χ3v) is 6.64. The molecule has 3 aromatic rings. The van der Waals surface area contributed by atoms with Crippen LogP contribution in [0.3, 0.4) is 0 Å². The Hall–Kier alpha value is -3.49. The number of nitrogens with one attached hydrogen (secondary N) is 1. The molecule has 1 aromatic carbocycles. The van der Waals surface area contributed by atoms with Crippen LogP contribution in [0.4, 0.5) is 5.95 Å². The van der Waals surface area contributed by atoms with Crippen LogP contribution in [0.2, 0.25) is 0 Å². The number of anilines is 1. The highest BCUT2D eigenvalue weighted by atomic mass is 32.1. The molecule has 148 valence electrons. The minimum absolute atomic E-state index is 0.0722. The molecule has 3 aliphatic rings. The van der Waals surface area contributed by atoms with Gasteiger partial charge in [-0.05, 0) is 68.0 Å². The number of hydrogen-bond donors (Lipinski definition) is 1. The highest BCUT2D eigenvalue weighted by molar-refractivity contribution is 7.17. The lowest BCUT2D eigenvalue weighted by Crippen LogP contribution is -2.70. The number of nitrogens with zero attached hydrogens (tertiary/aromatic N) is 5. The predicted octanol–water partition coefficient (Wildman–Crippen LogP) is 4.89. The van der Waals surface area contributed by atoms with Crippen LogP contribution >= 0.6 is 11.3 Å². The van der Waals surface area contributed by atoms with Crippen molar-refractivity contribution in [3.05, 3.63) is 40.4 Å². The first-order chi connectivity index (χ1) is 14.4. The summed E-state index contributed by atoms with van der Waals surface area (Å²) < 4.78 is 7.06. The molecule has 2 heterocycles. The zero-order valence-electron chi connectivity index (χ0n) is 16.6. The van der Waals surface area contributed by atoms with E-state index in [2.05, 4.69) is 26.3 Å². The molecule has 8 heteroatoms. The van der Waals surface area contributed by atoms with E-state index >= 15 is 0 Å². The maximum absolute atomic E-state index is 9.25. The Labute approximate surface area is 177 Å². The fourth-order valence-electron chi connectivity index (χ4n) is 4.61. The van der Waals surface area contributed by atoms with E-state index < -0.39 is 0 Å². The standard InChI is InChI=1S/C22H18N6OS/c1-13-6-15(4-3-5-23)7-14(2)16(13)29-19-17-18(25-12-30-17)26-20(27-19)28-22-8-21(9-22,10-22)11-24/h3-4,6-7,12H,8-10H2,1-2H3,(H,26,27,28)/b4-3+. The first-order valence-corrected chi connectivity index (χ1v) is 10.5. The topological polar surface area (TPSA) is 108 Å². The minimum Gasteiger partial charge on any atom is -0.437 e. The van der Waals surface area contributed by atoms with Gasteiger partial charge in [-0.25, -0.2) is 4.98 Å². The fourth-order valence-corrected chi connectivity index (χ4v) is 5.26. The smallest absolute Gasteiger partial charge is 0.243 e. The largest absolute Gasteiger partial charge is 0.437 e. The van der Waals surface area contributed by atoms with Crippen molar-refractivity contribution >= 4 is 33.7 Å². The van der Waals surface area contributed by atoms with Gasteiger partial charge in [0.1, 0.15) is 10.4 Å². The van der Waals surface area contributed by atoms with Crippen molar-refractivity contribution in [2.75, 3.05) is 5.32 Å². The molecule has 0 spiro atoms. The lowest BCUT2D eigenvalue weighted by atomic mass is 9.40.